The van der Waals surface area contributed by atoms with Gasteiger partial charge in [-0.25, -0.2) is 4.98 Å². The van der Waals surface area contributed by atoms with E-state index in [1.165, 1.54) is 12.8 Å². The van der Waals surface area contributed by atoms with Crippen LogP contribution < -0.4 is 16.0 Å². The molecule has 0 bridgehead atoms. The summed E-state index contributed by atoms with van der Waals surface area (Å²) in [6.07, 6.45) is 6.80. The highest BCUT2D eigenvalue weighted by molar-refractivity contribution is 5.77. The molecule has 0 aromatic carbocycles. The van der Waals surface area contributed by atoms with Crippen molar-refractivity contribution in [2.45, 2.75) is 37.6 Å². The molecule has 2 heterocycles. The Morgan fingerprint density at radius 1 is 1.21 bits per heavy atom. The standard InChI is InChI=1S/C18H29N5O/c19-15-18(7-2-3-8-18)21-17(24)6-10-22-11-13-23(14-12-22)16-5-1-4-9-20-16/h1,4-5,9H,2-3,6-8,10-15,19H2,(H,21,24). The number of anilines is 1. The fourth-order valence-corrected chi connectivity index (χ4v) is 3.79. The highest BCUT2D eigenvalue weighted by Crippen LogP contribution is 2.28. The summed E-state index contributed by atoms with van der Waals surface area (Å²) in [5, 5.41) is 3.21. The topological polar surface area (TPSA) is 74.5 Å². The summed E-state index contributed by atoms with van der Waals surface area (Å²) in [6.45, 7) is 5.26. The van der Waals surface area contributed by atoms with Crippen LogP contribution in [0, 0.1) is 0 Å². The van der Waals surface area contributed by atoms with Gasteiger partial charge >= 0.3 is 0 Å². The summed E-state index contributed by atoms with van der Waals surface area (Å²) in [4.78, 5) is 21.4. The summed E-state index contributed by atoms with van der Waals surface area (Å²) < 4.78 is 0. The molecule has 6 nitrogen and oxygen atoms in total. The van der Waals surface area contributed by atoms with E-state index in [0.717, 1.165) is 51.4 Å². The van der Waals surface area contributed by atoms with Gasteiger partial charge in [0.15, 0.2) is 0 Å². The van der Waals surface area contributed by atoms with E-state index >= 15 is 0 Å². The molecular weight excluding hydrogens is 302 g/mol. The number of hydrogen-bond donors (Lipinski definition) is 2. The van der Waals surface area contributed by atoms with E-state index in [4.69, 9.17) is 5.73 Å². The molecule has 1 amide bonds. The van der Waals surface area contributed by atoms with Gasteiger partial charge in [0.25, 0.3) is 0 Å². The summed E-state index contributed by atoms with van der Waals surface area (Å²) in [6, 6.07) is 6.02. The molecule has 0 spiro atoms. The third-order valence-corrected chi connectivity index (χ3v) is 5.36. The first-order chi connectivity index (χ1) is 11.7. The number of nitrogens with zero attached hydrogens (tertiary/aromatic N) is 3. The second kappa shape index (κ2) is 7.94. The van der Waals surface area contributed by atoms with Gasteiger partial charge in [-0.15, -0.1) is 0 Å². The number of amides is 1. The number of nitrogens with two attached hydrogens (primary N) is 1. The zero-order valence-corrected chi connectivity index (χ0v) is 14.4. The Kier molecular flexibility index (Phi) is 5.68. The van der Waals surface area contributed by atoms with Gasteiger partial charge in [0.1, 0.15) is 5.82 Å². The maximum absolute atomic E-state index is 12.3. The second-order valence-corrected chi connectivity index (χ2v) is 7.01. The lowest BCUT2D eigenvalue weighted by molar-refractivity contribution is -0.123. The third-order valence-electron chi connectivity index (χ3n) is 5.36. The van der Waals surface area contributed by atoms with Gasteiger partial charge in [0, 0.05) is 51.9 Å². The molecule has 1 aromatic heterocycles. The third kappa shape index (κ3) is 4.24. The molecule has 1 aromatic rings. The van der Waals surface area contributed by atoms with Crippen LogP contribution in [0.2, 0.25) is 0 Å². The maximum atomic E-state index is 12.3. The summed E-state index contributed by atoms with van der Waals surface area (Å²) in [5.41, 5.74) is 5.76. The smallest absolute Gasteiger partial charge is 0.221 e. The molecule has 2 aliphatic rings. The molecular formula is C18H29N5O. The van der Waals surface area contributed by atoms with Crippen molar-refractivity contribution >= 4 is 11.7 Å². The minimum atomic E-state index is -0.130. The van der Waals surface area contributed by atoms with Crippen molar-refractivity contribution in [2.24, 2.45) is 5.73 Å². The minimum absolute atomic E-state index is 0.130. The molecule has 3 rings (SSSR count). The van der Waals surface area contributed by atoms with Crippen molar-refractivity contribution in [3.05, 3.63) is 24.4 Å². The predicted octanol–water partition coefficient (Wildman–Crippen LogP) is 0.981. The molecule has 6 heteroatoms. The molecule has 2 fully saturated rings. The molecule has 3 N–H and O–H groups in total. The number of carbonyl (C=O) groups excluding carboxylic acids is 1. The van der Waals surface area contributed by atoms with E-state index in [1.54, 1.807) is 0 Å². The number of piperazine rings is 1. The zero-order chi connectivity index (χ0) is 16.8. The summed E-state index contributed by atoms with van der Waals surface area (Å²) in [5.74, 6) is 1.19. The lowest BCUT2D eigenvalue weighted by Gasteiger charge is -2.35. The normalized spacial score (nSPS) is 21.0. The van der Waals surface area contributed by atoms with Gasteiger partial charge in [-0.3, -0.25) is 9.69 Å². The van der Waals surface area contributed by atoms with Crippen molar-refractivity contribution in [3.8, 4) is 0 Å². The molecule has 1 aliphatic heterocycles. The van der Waals surface area contributed by atoms with Crippen LogP contribution in [0.3, 0.4) is 0 Å². The number of nitrogens with one attached hydrogen (secondary N) is 1. The molecule has 132 valence electrons. The van der Waals surface area contributed by atoms with Crippen molar-refractivity contribution in [2.75, 3.05) is 44.2 Å². The molecule has 1 saturated carbocycles. The fraction of sp³-hybridized carbons (Fsp3) is 0.667. The Morgan fingerprint density at radius 2 is 1.96 bits per heavy atom. The van der Waals surface area contributed by atoms with Gasteiger partial charge in [-0.1, -0.05) is 18.9 Å². The Bertz CT molecular complexity index is 521. The lowest BCUT2D eigenvalue weighted by atomic mass is 9.97. The first-order valence-corrected chi connectivity index (χ1v) is 9.10. The molecule has 0 atom stereocenters. The van der Waals surface area contributed by atoms with E-state index in [1.807, 2.05) is 18.3 Å². The van der Waals surface area contributed by atoms with Crippen LogP contribution in [0.5, 0.6) is 0 Å². The van der Waals surface area contributed by atoms with E-state index in [2.05, 4.69) is 26.2 Å². The number of aromatic nitrogens is 1. The van der Waals surface area contributed by atoms with Crippen molar-refractivity contribution < 1.29 is 4.79 Å². The summed E-state index contributed by atoms with van der Waals surface area (Å²) in [7, 11) is 0. The van der Waals surface area contributed by atoms with Gasteiger partial charge < -0.3 is 16.0 Å². The van der Waals surface area contributed by atoms with Crippen molar-refractivity contribution in [3.63, 3.8) is 0 Å². The summed E-state index contributed by atoms with van der Waals surface area (Å²) >= 11 is 0. The lowest BCUT2D eigenvalue weighted by Crippen LogP contribution is -2.52. The molecule has 0 unspecified atom stereocenters. The Morgan fingerprint density at radius 3 is 2.58 bits per heavy atom. The average molecular weight is 331 g/mol. The zero-order valence-electron chi connectivity index (χ0n) is 14.4. The Hall–Kier alpha value is -1.66. The molecule has 1 aliphatic carbocycles. The molecule has 0 radical (unpaired) electrons. The number of rotatable bonds is 6. The van der Waals surface area contributed by atoms with Crippen LogP contribution in [0.1, 0.15) is 32.1 Å². The largest absolute Gasteiger partial charge is 0.354 e. The van der Waals surface area contributed by atoms with E-state index in [-0.39, 0.29) is 11.4 Å². The van der Waals surface area contributed by atoms with Gasteiger partial charge in [-0.05, 0) is 25.0 Å². The molecule has 24 heavy (non-hydrogen) atoms. The molecule has 1 saturated heterocycles. The van der Waals surface area contributed by atoms with Gasteiger partial charge in [-0.2, -0.15) is 0 Å². The monoisotopic (exact) mass is 331 g/mol. The number of pyridine rings is 1. The minimum Gasteiger partial charge on any atom is -0.354 e. The van der Waals surface area contributed by atoms with Crippen LogP contribution >= 0.6 is 0 Å². The first kappa shape index (κ1) is 17.2. The predicted molar refractivity (Wildman–Crippen MR) is 95.9 cm³/mol. The van der Waals surface area contributed by atoms with E-state index < -0.39 is 0 Å². The van der Waals surface area contributed by atoms with Crippen molar-refractivity contribution in [1.82, 2.24) is 15.2 Å². The highest BCUT2D eigenvalue weighted by atomic mass is 16.1. The quantitative estimate of drug-likeness (QED) is 0.813. The van der Waals surface area contributed by atoms with Crippen LogP contribution in [0.4, 0.5) is 5.82 Å². The van der Waals surface area contributed by atoms with Gasteiger partial charge in [0.2, 0.25) is 5.91 Å². The maximum Gasteiger partial charge on any atom is 0.221 e. The number of carbonyl (C=O) groups is 1. The average Bonchev–Trinajstić information content (AvgIpc) is 3.10. The number of hydrogen-bond acceptors (Lipinski definition) is 5. The van der Waals surface area contributed by atoms with E-state index in [9.17, 15) is 4.79 Å². The fourth-order valence-electron chi connectivity index (χ4n) is 3.79. The second-order valence-electron chi connectivity index (χ2n) is 7.01. The van der Waals surface area contributed by atoms with Crippen LogP contribution in [-0.4, -0.2) is 60.6 Å². The van der Waals surface area contributed by atoms with Crippen LogP contribution in [0.25, 0.3) is 0 Å². The van der Waals surface area contributed by atoms with Crippen LogP contribution in [0.15, 0.2) is 24.4 Å². The highest BCUT2D eigenvalue weighted by Gasteiger charge is 2.33. The Balaban J connectivity index is 1.39. The SMILES string of the molecule is NCC1(NC(=O)CCN2CCN(c3ccccn3)CC2)CCCC1. The van der Waals surface area contributed by atoms with Crippen molar-refractivity contribution in [1.29, 1.82) is 0 Å². The van der Waals surface area contributed by atoms with Gasteiger partial charge in [0.05, 0.1) is 5.54 Å². The van der Waals surface area contributed by atoms with E-state index in [0.29, 0.717) is 13.0 Å². The first-order valence-electron chi connectivity index (χ1n) is 9.10. The Labute approximate surface area is 144 Å². The van der Waals surface area contributed by atoms with Crippen LogP contribution in [-0.2, 0) is 4.79 Å².